The number of ether oxygens (including phenoxy) is 1. The highest BCUT2D eigenvalue weighted by Gasteiger charge is 2.38. The van der Waals surface area contributed by atoms with Gasteiger partial charge in [-0.25, -0.2) is 0 Å². The first-order valence-electron chi connectivity index (χ1n) is 5.97. The topological polar surface area (TPSA) is 71.8 Å². The molecular weight excluding hydrogens is 236 g/mol. The Labute approximate surface area is 103 Å². The summed E-state index contributed by atoms with van der Waals surface area (Å²) in [6, 6.07) is 1.26. The van der Waals surface area contributed by atoms with Crippen LogP contribution in [-0.4, -0.2) is 39.4 Å². The Balaban J connectivity index is 2.08. The Morgan fingerprint density at radius 1 is 1.44 bits per heavy atom. The second kappa shape index (κ2) is 3.84. The molecule has 3 rings (SSSR count). The Bertz CT molecular complexity index is 566. The van der Waals surface area contributed by atoms with Crippen molar-refractivity contribution in [2.45, 2.75) is 32.2 Å². The molecule has 1 fully saturated rings. The minimum Gasteiger partial charge on any atom is -0.503 e. The first kappa shape index (κ1) is 11.3. The molecule has 2 atom stereocenters. The third-order valence-corrected chi connectivity index (χ3v) is 3.48. The molecule has 0 spiro atoms. The normalized spacial score (nSPS) is 26.7. The molecular formula is C12H14N2O4. The molecule has 1 saturated heterocycles. The van der Waals surface area contributed by atoms with Crippen molar-refractivity contribution in [3.05, 3.63) is 28.2 Å². The molecule has 1 amide bonds. The van der Waals surface area contributed by atoms with Crippen LogP contribution in [0.2, 0.25) is 0 Å². The number of nitrogens with zero attached hydrogens (tertiary/aromatic N) is 2. The van der Waals surface area contributed by atoms with E-state index >= 15 is 0 Å². The Morgan fingerprint density at radius 3 is 3.00 bits per heavy atom. The van der Waals surface area contributed by atoms with Crippen molar-refractivity contribution < 1.29 is 14.6 Å². The van der Waals surface area contributed by atoms with E-state index in [1.807, 2.05) is 6.92 Å². The van der Waals surface area contributed by atoms with Crippen LogP contribution in [0.15, 0.2) is 17.1 Å². The molecule has 0 aliphatic carbocycles. The lowest BCUT2D eigenvalue weighted by atomic mass is 10.1. The van der Waals surface area contributed by atoms with Gasteiger partial charge >= 0.3 is 0 Å². The first-order valence-corrected chi connectivity index (χ1v) is 5.97. The SMILES string of the molecule is C[C@H]1CCN2C(=O)c3c(O)c(=O)ccn3C[C@H]2O1. The minimum absolute atomic E-state index is 0.0666. The van der Waals surface area contributed by atoms with E-state index in [2.05, 4.69) is 0 Å². The van der Waals surface area contributed by atoms with E-state index in [9.17, 15) is 14.7 Å². The maximum absolute atomic E-state index is 12.3. The number of pyridine rings is 1. The van der Waals surface area contributed by atoms with E-state index < -0.39 is 11.2 Å². The highest BCUT2D eigenvalue weighted by Crippen LogP contribution is 2.27. The van der Waals surface area contributed by atoms with Gasteiger partial charge in [0.15, 0.2) is 17.7 Å². The van der Waals surface area contributed by atoms with Crippen molar-refractivity contribution >= 4 is 5.91 Å². The molecule has 2 aliphatic rings. The van der Waals surface area contributed by atoms with Crippen molar-refractivity contribution in [2.75, 3.05) is 6.54 Å². The standard InChI is InChI=1S/C12H14N2O4/c1-7-2-5-14-9(18-7)6-13-4-3-8(15)11(16)10(13)12(14)17/h3-4,7,9,16H,2,5-6H2,1H3/t7-,9+/m0/s1. The number of rotatable bonds is 0. The van der Waals surface area contributed by atoms with Crippen molar-refractivity contribution in [1.29, 1.82) is 0 Å². The zero-order valence-corrected chi connectivity index (χ0v) is 10.00. The zero-order valence-electron chi connectivity index (χ0n) is 10.00. The molecule has 2 aliphatic heterocycles. The largest absolute Gasteiger partial charge is 0.503 e. The Morgan fingerprint density at radius 2 is 2.22 bits per heavy atom. The van der Waals surface area contributed by atoms with Gasteiger partial charge in [-0.15, -0.1) is 0 Å². The summed E-state index contributed by atoms with van der Waals surface area (Å²) >= 11 is 0. The second-order valence-corrected chi connectivity index (χ2v) is 4.72. The first-order chi connectivity index (χ1) is 8.58. The van der Waals surface area contributed by atoms with Crippen LogP contribution in [0.1, 0.15) is 23.8 Å². The van der Waals surface area contributed by atoms with Gasteiger partial charge in [0.2, 0.25) is 5.43 Å². The van der Waals surface area contributed by atoms with Gasteiger partial charge in [0.25, 0.3) is 5.91 Å². The summed E-state index contributed by atoms with van der Waals surface area (Å²) < 4.78 is 7.29. The third kappa shape index (κ3) is 1.53. The average molecular weight is 250 g/mol. The Kier molecular flexibility index (Phi) is 2.41. The lowest BCUT2D eigenvalue weighted by molar-refractivity contribution is -0.127. The monoisotopic (exact) mass is 250 g/mol. The van der Waals surface area contributed by atoms with Crippen molar-refractivity contribution in [1.82, 2.24) is 9.47 Å². The smallest absolute Gasteiger partial charge is 0.276 e. The molecule has 0 saturated carbocycles. The number of carbonyl (C=O) groups excluding carboxylic acids is 1. The van der Waals surface area contributed by atoms with Crippen LogP contribution in [0.3, 0.4) is 0 Å². The average Bonchev–Trinajstić information content (AvgIpc) is 2.33. The fourth-order valence-corrected chi connectivity index (χ4v) is 2.49. The van der Waals surface area contributed by atoms with Crippen LogP contribution in [0.4, 0.5) is 0 Å². The maximum Gasteiger partial charge on any atom is 0.276 e. The van der Waals surface area contributed by atoms with Crippen LogP contribution >= 0.6 is 0 Å². The van der Waals surface area contributed by atoms with Gasteiger partial charge in [-0.1, -0.05) is 0 Å². The fourth-order valence-electron chi connectivity index (χ4n) is 2.49. The van der Waals surface area contributed by atoms with Gasteiger partial charge < -0.3 is 19.3 Å². The van der Waals surface area contributed by atoms with Crippen LogP contribution in [0.25, 0.3) is 0 Å². The van der Waals surface area contributed by atoms with E-state index in [1.54, 1.807) is 9.47 Å². The molecule has 0 unspecified atom stereocenters. The summed E-state index contributed by atoms with van der Waals surface area (Å²) in [6.07, 6.45) is 2.10. The second-order valence-electron chi connectivity index (χ2n) is 4.72. The van der Waals surface area contributed by atoms with E-state index in [0.717, 1.165) is 6.42 Å². The van der Waals surface area contributed by atoms with Gasteiger partial charge in [-0.2, -0.15) is 0 Å². The third-order valence-electron chi connectivity index (χ3n) is 3.48. The summed E-state index contributed by atoms with van der Waals surface area (Å²) in [6.45, 7) is 3.01. The number of carbonyl (C=O) groups is 1. The molecule has 0 aromatic carbocycles. The predicted octanol–water partition coefficient (Wildman–Crippen LogP) is 0.145. The molecule has 6 nitrogen and oxygen atoms in total. The molecule has 3 heterocycles. The molecule has 1 aromatic rings. The predicted molar refractivity (Wildman–Crippen MR) is 62.4 cm³/mol. The number of aromatic nitrogens is 1. The molecule has 1 aromatic heterocycles. The van der Waals surface area contributed by atoms with Gasteiger partial charge in [0, 0.05) is 18.8 Å². The zero-order chi connectivity index (χ0) is 12.9. The van der Waals surface area contributed by atoms with Gasteiger partial charge in [0.05, 0.1) is 12.6 Å². The lowest BCUT2D eigenvalue weighted by Gasteiger charge is -2.42. The molecule has 6 heteroatoms. The van der Waals surface area contributed by atoms with Gasteiger partial charge in [-0.3, -0.25) is 9.59 Å². The van der Waals surface area contributed by atoms with E-state index in [1.165, 1.54) is 12.3 Å². The number of aromatic hydroxyl groups is 1. The quantitative estimate of drug-likeness (QED) is 0.711. The molecule has 1 N–H and O–H groups in total. The Hall–Kier alpha value is -1.82. The molecule has 96 valence electrons. The fraction of sp³-hybridized carbons (Fsp3) is 0.500. The van der Waals surface area contributed by atoms with Crippen LogP contribution in [0.5, 0.6) is 5.75 Å². The number of fused-ring (bicyclic) bond motifs is 2. The molecule has 18 heavy (non-hydrogen) atoms. The van der Waals surface area contributed by atoms with Crippen LogP contribution in [-0.2, 0) is 11.3 Å². The van der Waals surface area contributed by atoms with E-state index in [4.69, 9.17) is 4.74 Å². The van der Waals surface area contributed by atoms with Crippen LogP contribution < -0.4 is 5.43 Å². The number of hydrogen-bond acceptors (Lipinski definition) is 4. The highest BCUT2D eigenvalue weighted by atomic mass is 16.5. The number of hydrogen-bond donors (Lipinski definition) is 1. The summed E-state index contributed by atoms with van der Waals surface area (Å²) in [5, 5.41) is 9.73. The van der Waals surface area contributed by atoms with Crippen LogP contribution in [0, 0.1) is 0 Å². The van der Waals surface area contributed by atoms with E-state index in [-0.39, 0.29) is 23.9 Å². The highest BCUT2D eigenvalue weighted by molar-refractivity contribution is 5.95. The van der Waals surface area contributed by atoms with Gasteiger partial charge in [0.1, 0.15) is 0 Å². The minimum atomic E-state index is -0.528. The maximum atomic E-state index is 12.3. The lowest BCUT2D eigenvalue weighted by Crippen LogP contribution is -2.54. The molecule has 0 bridgehead atoms. The van der Waals surface area contributed by atoms with Crippen molar-refractivity contribution in [3.8, 4) is 5.75 Å². The summed E-state index contributed by atoms with van der Waals surface area (Å²) in [5.74, 6) is -0.812. The molecule has 0 radical (unpaired) electrons. The van der Waals surface area contributed by atoms with Crippen molar-refractivity contribution in [2.24, 2.45) is 0 Å². The number of amides is 1. The van der Waals surface area contributed by atoms with Gasteiger partial charge in [-0.05, 0) is 13.3 Å². The summed E-state index contributed by atoms with van der Waals surface area (Å²) in [4.78, 5) is 25.2. The van der Waals surface area contributed by atoms with Crippen molar-refractivity contribution in [3.63, 3.8) is 0 Å². The van der Waals surface area contributed by atoms with E-state index in [0.29, 0.717) is 13.1 Å². The summed E-state index contributed by atoms with van der Waals surface area (Å²) in [7, 11) is 0. The summed E-state index contributed by atoms with van der Waals surface area (Å²) in [5.41, 5.74) is -0.462.